The maximum Gasteiger partial charge on any atom is 0.328 e. The Labute approximate surface area is 111 Å². The minimum atomic E-state index is -0.0185. The van der Waals surface area contributed by atoms with Crippen molar-refractivity contribution in [1.82, 2.24) is 18.9 Å². The Morgan fingerprint density at radius 3 is 2.44 bits per heavy atom. The third-order valence-electron chi connectivity index (χ3n) is 3.03. The number of rotatable bonds is 4. The highest BCUT2D eigenvalue weighted by molar-refractivity contribution is 6.31. The Balaban J connectivity index is 2.39. The van der Waals surface area contributed by atoms with Crippen molar-refractivity contribution in [1.29, 1.82) is 0 Å². The van der Waals surface area contributed by atoms with Gasteiger partial charge in [0.1, 0.15) is 0 Å². The first-order valence-corrected chi connectivity index (χ1v) is 6.43. The molecular formula is C12H17ClN4O. The average molecular weight is 269 g/mol. The molecule has 0 aromatic carbocycles. The Bertz CT molecular complexity index is 608. The SMILES string of the molecule is CCn1nc(C)c(Cl)c1Cn1ccn(CC)c1=O. The van der Waals surface area contributed by atoms with Crippen molar-refractivity contribution in [2.75, 3.05) is 0 Å². The molecule has 18 heavy (non-hydrogen) atoms. The number of aromatic nitrogens is 4. The van der Waals surface area contributed by atoms with Gasteiger partial charge in [0.05, 0.1) is 23.0 Å². The van der Waals surface area contributed by atoms with E-state index >= 15 is 0 Å². The summed E-state index contributed by atoms with van der Waals surface area (Å²) < 4.78 is 5.15. The van der Waals surface area contributed by atoms with Crippen LogP contribution in [0.3, 0.4) is 0 Å². The highest BCUT2D eigenvalue weighted by atomic mass is 35.5. The number of aryl methyl sites for hydroxylation is 3. The number of nitrogens with zero attached hydrogens (tertiary/aromatic N) is 4. The monoisotopic (exact) mass is 268 g/mol. The molecule has 98 valence electrons. The molecule has 5 nitrogen and oxygen atoms in total. The predicted molar refractivity (Wildman–Crippen MR) is 71.1 cm³/mol. The van der Waals surface area contributed by atoms with Crippen LogP contribution in [-0.2, 0) is 19.6 Å². The van der Waals surface area contributed by atoms with E-state index in [-0.39, 0.29) is 5.69 Å². The van der Waals surface area contributed by atoms with Gasteiger partial charge in [-0.05, 0) is 20.8 Å². The Morgan fingerprint density at radius 1 is 1.22 bits per heavy atom. The highest BCUT2D eigenvalue weighted by Crippen LogP contribution is 2.20. The summed E-state index contributed by atoms with van der Waals surface area (Å²) in [6.45, 7) is 7.69. The second-order valence-corrected chi connectivity index (χ2v) is 4.53. The molecule has 0 N–H and O–H groups in total. The number of halogens is 1. The second-order valence-electron chi connectivity index (χ2n) is 4.16. The van der Waals surface area contributed by atoms with Gasteiger partial charge in [0.15, 0.2) is 0 Å². The summed E-state index contributed by atoms with van der Waals surface area (Å²) in [4.78, 5) is 12.0. The summed E-state index contributed by atoms with van der Waals surface area (Å²) in [5.74, 6) is 0. The van der Waals surface area contributed by atoms with E-state index in [9.17, 15) is 4.79 Å². The van der Waals surface area contributed by atoms with Crippen molar-refractivity contribution in [3.8, 4) is 0 Å². The number of imidazole rings is 1. The molecule has 0 unspecified atom stereocenters. The van der Waals surface area contributed by atoms with Crippen molar-refractivity contribution in [3.63, 3.8) is 0 Å². The lowest BCUT2D eigenvalue weighted by atomic mass is 10.3. The number of hydrogen-bond donors (Lipinski definition) is 0. The molecule has 0 saturated carbocycles. The van der Waals surface area contributed by atoms with Gasteiger partial charge >= 0.3 is 5.69 Å². The summed E-state index contributed by atoms with van der Waals surface area (Å²) in [5.41, 5.74) is 1.67. The quantitative estimate of drug-likeness (QED) is 0.850. The van der Waals surface area contributed by atoms with Crippen molar-refractivity contribution >= 4 is 11.6 Å². The molecular weight excluding hydrogens is 252 g/mol. The van der Waals surface area contributed by atoms with E-state index in [0.29, 0.717) is 18.1 Å². The van der Waals surface area contributed by atoms with Crippen LogP contribution >= 0.6 is 11.6 Å². The lowest BCUT2D eigenvalue weighted by Crippen LogP contribution is -2.24. The third-order valence-corrected chi connectivity index (χ3v) is 3.52. The van der Waals surface area contributed by atoms with Gasteiger partial charge in [-0.2, -0.15) is 5.10 Å². The van der Waals surface area contributed by atoms with E-state index < -0.39 is 0 Å². The third kappa shape index (κ3) is 2.10. The zero-order chi connectivity index (χ0) is 13.3. The molecule has 0 radical (unpaired) electrons. The normalized spacial score (nSPS) is 11.1. The van der Waals surface area contributed by atoms with Crippen molar-refractivity contribution < 1.29 is 0 Å². The first-order valence-electron chi connectivity index (χ1n) is 6.05. The molecule has 0 aliphatic heterocycles. The van der Waals surface area contributed by atoms with Gasteiger partial charge in [0.25, 0.3) is 0 Å². The fraction of sp³-hybridized carbons (Fsp3) is 0.500. The topological polar surface area (TPSA) is 44.8 Å². The Kier molecular flexibility index (Phi) is 3.61. The predicted octanol–water partition coefficient (Wildman–Crippen LogP) is 1.90. The van der Waals surface area contributed by atoms with Gasteiger partial charge < -0.3 is 0 Å². The molecule has 0 fully saturated rings. The maximum absolute atomic E-state index is 12.0. The van der Waals surface area contributed by atoms with Crippen LogP contribution in [0.2, 0.25) is 5.02 Å². The molecule has 0 atom stereocenters. The molecule has 0 spiro atoms. The van der Waals surface area contributed by atoms with Gasteiger partial charge in [-0.15, -0.1) is 0 Å². The summed E-state index contributed by atoms with van der Waals surface area (Å²) in [7, 11) is 0. The van der Waals surface area contributed by atoms with Crippen molar-refractivity contribution in [2.24, 2.45) is 0 Å². The van der Waals surface area contributed by atoms with Crippen molar-refractivity contribution in [2.45, 2.75) is 40.4 Å². The Morgan fingerprint density at radius 2 is 1.89 bits per heavy atom. The largest absolute Gasteiger partial charge is 0.328 e. The second kappa shape index (κ2) is 5.02. The van der Waals surface area contributed by atoms with Crippen LogP contribution in [0, 0.1) is 6.92 Å². The summed E-state index contributed by atoms with van der Waals surface area (Å²) in [5, 5.41) is 4.99. The molecule has 0 aliphatic carbocycles. The average Bonchev–Trinajstić information content (AvgIpc) is 2.85. The minimum Gasteiger partial charge on any atom is -0.300 e. The van der Waals surface area contributed by atoms with Crippen molar-refractivity contribution in [3.05, 3.63) is 39.3 Å². The van der Waals surface area contributed by atoms with E-state index in [1.54, 1.807) is 21.5 Å². The molecule has 0 aliphatic rings. The van der Waals surface area contributed by atoms with Crippen LogP contribution in [0.5, 0.6) is 0 Å². The van der Waals surface area contributed by atoms with Gasteiger partial charge in [0.2, 0.25) is 0 Å². The van der Waals surface area contributed by atoms with Gasteiger partial charge in [0, 0.05) is 25.5 Å². The van der Waals surface area contributed by atoms with E-state index in [1.807, 2.05) is 25.5 Å². The van der Waals surface area contributed by atoms with Crippen LogP contribution < -0.4 is 5.69 Å². The molecule has 2 heterocycles. The molecule has 2 aromatic heterocycles. The molecule has 0 saturated heterocycles. The zero-order valence-corrected chi connectivity index (χ0v) is 11.6. The molecule has 2 rings (SSSR count). The summed E-state index contributed by atoms with van der Waals surface area (Å²) in [6.07, 6.45) is 3.57. The first-order chi connectivity index (χ1) is 8.58. The van der Waals surface area contributed by atoms with Crippen LogP contribution in [-0.4, -0.2) is 18.9 Å². The summed E-state index contributed by atoms with van der Waals surface area (Å²) in [6, 6.07) is 0. The number of hydrogen-bond acceptors (Lipinski definition) is 2. The van der Waals surface area contributed by atoms with Gasteiger partial charge in [-0.1, -0.05) is 11.6 Å². The fourth-order valence-corrected chi connectivity index (χ4v) is 2.19. The zero-order valence-electron chi connectivity index (χ0n) is 10.9. The van der Waals surface area contributed by atoms with Crippen LogP contribution in [0.15, 0.2) is 17.2 Å². The standard InChI is InChI=1S/C12H17ClN4O/c1-4-15-6-7-16(12(15)18)8-10-11(13)9(3)14-17(10)5-2/h6-7H,4-5,8H2,1-3H3. The van der Waals surface area contributed by atoms with E-state index in [2.05, 4.69) is 5.10 Å². The highest BCUT2D eigenvalue weighted by Gasteiger charge is 2.14. The lowest BCUT2D eigenvalue weighted by Gasteiger charge is -2.05. The molecule has 0 bridgehead atoms. The van der Waals surface area contributed by atoms with Crippen LogP contribution in [0.25, 0.3) is 0 Å². The van der Waals surface area contributed by atoms with E-state index in [0.717, 1.165) is 17.9 Å². The maximum atomic E-state index is 12.0. The van der Waals surface area contributed by atoms with Crippen LogP contribution in [0.1, 0.15) is 25.2 Å². The fourth-order valence-electron chi connectivity index (χ4n) is 2.00. The van der Waals surface area contributed by atoms with Gasteiger partial charge in [-0.25, -0.2) is 4.79 Å². The smallest absolute Gasteiger partial charge is 0.300 e. The molecule has 2 aromatic rings. The lowest BCUT2D eigenvalue weighted by molar-refractivity contribution is 0.584. The van der Waals surface area contributed by atoms with Crippen LogP contribution in [0.4, 0.5) is 0 Å². The molecule has 0 amide bonds. The summed E-state index contributed by atoms with van der Waals surface area (Å²) >= 11 is 6.23. The first kappa shape index (κ1) is 13.0. The minimum absolute atomic E-state index is 0.0185. The Hall–Kier alpha value is -1.49. The van der Waals surface area contributed by atoms with Gasteiger partial charge in [-0.3, -0.25) is 13.8 Å². The molecule has 6 heteroatoms. The van der Waals surface area contributed by atoms with E-state index in [4.69, 9.17) is 11.6 Å². The van der Waals surface area contributed by atoms with E-state index in [1.165, 1.54) is 0 Å².